The lowest BCUT2D eigenvalue weighted by Gasteiger charge is -2.10. The molecule has 2 aromatic carbocycles. The monoisotopic (exact) mass is 354 g/mol. The first-order chi connectivity index (χ1) is 13.1. The van der Waals surface area contributed by atoms with E-state index in [0.29, 0.717) is 11.5 Å². The smallest absolute Gasteiger partial charge is 0.150 e. The first-order valence-corrected chi connectivity index (χ1v) is 9.21. The van der Waals surface area contributed by atoms with Crippen molar-refractivity contribution < 1.29 is 4.79 Å². The lowest BCUT2D eigenvalue weighted by Crippen LogP contribution is -1.91. The zero-order valence-electron chi connectivity index (χ0n) is 15.8. The summed E-state index contributed by atoms with van der Waals surface area (Å²) >= 11 is 0. The molecule has 4 rings (SSSR count). The van der Waals surface area contributed by atoms with Crippen LogP contribution >= 0.6 is 0 Å². The van der Waals surface area contributed by atoms with Crippen LogP contribution in [0.4, 0.5) is 0 Å². The molecule has 0 radical (unpaired) electrons. The maximum atomic E-state index is 11.1. The van der Waals surface area contributed by atoms with Crippen LogP contribution in [0.5, 0.6) is 0 Å². The average molecular weight is 354 g/mol. The minimum absolute atomic E-state index is 0.374. The highest BCUT2D eigenvalue weighted by Crippen LogP contribution is 2.37. The molecular formula is C24H22N2O. The van der Waals surface area contributed by atoms with E-state index in [1.807, 2.05) is 37.4 Å². The van der Waals surface area contributed by atoms with E-state index in [0.717, 1.165) is 39.9 Å². The molecule has 0 amide bonds. The number of benzene rings is 2. The predicted molar refractivity (Wildman–Crippen MR) is 111 cm³/mol. The van der Waals surface area contributed by atoms with Crippen LogP contribution in [0.1, 0.15) is 41.4 Å². The van der Waals surface area contributed by atoms with E-state index in [4.69, 9.17) is 0 Å². The fourth-order valence-corrected chi connectivity index (χ4v) is 3.71. The number of nitrogens with zero attached hydrogens (tertiary/aromatic N) is 1. The fraction of sp³-hybridized carbons (Fsp3) is 0.167. The number of pyridine rings is 1. The van der Waals surface area contributed by atoms with Gasteiger partial charge >= 0.3 is 0 Å². The summed E-state index contributed by atoms with van der Waals surface area (Å²) in [6, 6.07) is 18.4. The maximum Gasteiger partial charge on any atom is 0.150 e. The van der Waals surface area contributed by atoms with Gasteiger partial charge in [-0.2, -0.15) is 0 Å². The highest BCUT2D eigenvalue weighted by Gasteiger charge is 2.17. The summed E-state index contributed by atoms with van der Waals surface area (Å²) in [5.41, 5.74) is 8.62. The molecular weight excluding hydrogens is 332 g/mol. The first kappa shape index (κ1) is 17.2. The number of carbonyl (C=O) groups excluding carboxylic acids is 1. The third-order valence-electron chi connectivity index (χ3n) is 4.96. The van der Waals surface area contributed by atoms with E-state index < -0.39 is 0 Å². The average Bonchev–Trinajstić information content (AvgIpc) is 3.07. The number of aromatic amines is 1. The van der Waals surface area contributed by atoms with E-state index in [-0.39, 0.29) is 0 Å². The Morgan fingerprint density at radius 3 is 2.52 bits per heavy atom. The van der Waals surface area contributed by atoms with Crippen LogP contribution in [-0.2, 0) is 0 Å². The van der Waals surface area contributed by atoms with Crippen molar-refractivity contribution in [2.45, 2.75) is 26.7 Å². The van der Waals surface area contributed by atoms with Crippen LogP contribution in [-0.4, -0.2) is 16.3 Å². The summed E-state index contributed by atoms with van der Waals surface area (Å²) in [7, 11) is 0. The summed E-state index contributed by atoms with van der Waals surface area (Å²) in [5, 5.41) is 1.23. The van der Waals surface area contributed by atoms with Crippen molar-refractivity contribution in [2.75, 3.05) is 0 Å². The molecule has 0 unspecified atom stereocenters. The Morgan fingerprint density at radius 1 is 0.963 bits per heavy atom. The maximum absolute atomic E-state index is 11.1. The molecule has 1 N–H and O–H groups in total. The fourth-order valence-electron chi connectivity index (χ4n) is 3.71. The number of aromatic nitrogens is 2. The number of carbonyl (C=O) groups is 1. The normalized spacial score (nSPS) is 11.3. The van der Waals surface area contributed by atoms with Gasteiger partial charge in [-0.15, -0.1) is 0 Å². The largest absolute Gasteiger partial charge is 0.354 e. The molecule has 0 aliphatic rings. The summed E-state index contributed by atoms with van der Waals surface area (Å²) in [6.07, 6.45) is 2.75. The molecule has 3 heteroatoms. The molecule has 2 heterocycles. The van der Waals surface area contributed by atoms with Crippen molar-refractivity contribution in [1.29, 1.82) is 0 Å². The molecule has 27 heavy (non-hydrogen) atoms. The number of fused-ring (bicyclic) bond motifs is 1. The van der Waals surface area contributed by atoms with Gasteiger partial charge in [-0.1, -0.05) is 38.1 Å². The van der Waals surface area contributed by atoms with Crippen molar-refractivity contribution in [1.82, 2.24) is 9.97 Å². The van der Waals surface area contributed by atoms with E-state index in [2.05, 4.69) is 54.1 Å². The highest BCUT2D eigenvalue weighted by molar-refractivity contribution is 5.94. The Hall–Kier alpha value is -3.20. The van der Waals surface area contributed by atoms with Crippen molar-refractivity contribution in [3.05, 3.63) is 77.6 Å². The van der Waals surface area contributed by atoms with E-state index in [1.54, 1.807) is 0 Å². The second-order valence-electron chi connectivity index (χ2n) is 7.26. The Bertz CT molecular complexity index is 1140. The van der Waals surface area contributed by atoms with E-state index in [1.165, 1.54) is 10.9 Å². The molecule has 4 aromatic rings. The molecule has 3 nitrogen and oxygen atoms in total. The molecule has 0 fully saturated rings. The number of H-pyrrole nitrogens is 1. The molecule has 0 spiro atoms. The zero-order chi connectivity index (χ0) is 19.0. The molecule has 2 aromatic heterocycles. The molecule has 0 atom stereocenters. The summed E-state index contributed by atoms with van der Waals surface area (Å²) in [4.78, 5) is 19.1. The Labute approximate surface area is 159 Å². The Balaban J connectivity index is 1.93. The minimum atomic E-state index is 0.374. The minimum Gasteiger partial charge on any atom is -0.354 e. The van der Waals surface area contributed by atoms with Gasteiger partial charge in [0.25, 0.3) is 0 Å². The molecule has 0 bridgehead atoms. The number of aldehydes is 1. The van der Waals surface area contributed by atoms with Gasteiger partial charge in [0.05, 0.1) is 5.69 Å². The quantitative estimate of drug-likeness (QED) is 0.447. The molecule has 134 valence electrons. The third kappa shape index (κ3) is 3.17. The van der Waals surface area contributed by atoms with Gasteiger partial charge in [-0.3, -0.25) is 9.78 Å². The van der Waals surface area contributed by atoms with Gasteiger partial charge < -0.3 is 4.98 Å². The van der Waals surface area contributed by atoms with Crippen molar-refractivity contribution >= 4 is 17.2 Å². The Kier molecular flexibility index (Phi) is 4.36. The van der Waals surface area contributed by atoms with Gasteiger partial charge in [-0.25, -0.2) is 0 Å². The van der Waals surface area contributed by atoms with Crippen LogP contribution < -0.4 is 0 Å². The number of aryl methyl sites for hydroxylation is 1. The lowest BCUT2D eigenvalue weighted by molar-refractivity contribution is 0.112. The number of nitrogens with one attached hydrogen (secondary N) is 1. The second-order valence-corrected chi connectivity index (χ2v) is 7.26. The lowest BCUT2D eigenvalue weighted by atomic mass is 9.94. The SMILES string of the molecule is Cc1cc(-c2[nH]c3ccc(-c4cccc(C=O)c4)cc3c2C(C)C)ccn1. The topological polar surface area (TPSA) is 45.8 Å². The van der Waals surface area contributed by atoms with Crippen LogP contribution in [0, 0.1) is 6.92 Å². The third-order valence-corrected chi connectivity index (χ3v) is 4.96. The zero-order valence-corrected chi connectivity index (χ0v) is 15.8. The summed E-state index contributed by atoms with van der Waals surface area (Å²) in [5.74, 6) is 0.374. The van der Waals surface area contributed by atoms with E-state index >= 15 is 0 Å². The summed E-state index contributed by atoms with van der Waals surface area (Å²) in [6.45, 7) is 6.46. The van der Waals surface area contributed by atoms with Gasteiger partial charge in [0.2, 0.25) is 0 Å². The standard InChI is InChI=1S/C24H22N2O/c1-15(2)23-21-13-19(18-6-4-5-17(12-18)14-27)7-8-22(21)26-24(23)20-9-10-25-16(3)11-20/h4-15,26H,1-3H3. The Morgan fingerprint density at radius 2 is 1.78 bits per heavy atom. The first-order valence-electron chi connectivity index (χ1n) is 9.21. The van der Waals surface area contributed by atoms with Gasteiger partial charge in [0, 0.05) is 33.9 Å². The predicted octanol–water partition coefficient (Wildman–Crippen LogP) is 6.14. The highest BCUT2D eigenvalue weighted by atomic mass is 16.1. The van der Waals surface area contributed by atoms with E-state index in [9.17, 15) is 4.79 Å². The second kappa shape index (κ2) is 6.84. The van der Waals surface area contributed by atoms with Crippen LogP contribution in [0.25, 0.3) is 33.3 Å². The van der Waals surface area contributed by atoms with Crippen LogP contribution in [0.3, 0.4) is 0 Å². The number of rotatable bonds is 4. The molecule has 0 aliphatic carbocycles. The van der Waals surface area contributed by atoms with Crippen molar-refractivity contribution in [3.63, 3.8) is 0 Å². The van der Waals surface area contributed by atoms with Gasteiger partial charge in [0.15, 0.2) is 0 Å². The van der Waals surface area contributed by atoms with Crippen molar-refractivity contribution in [3.8, 4) is 22.4 Å². The number of hydrogen-bond acceptors (Lipinski definition) is 2. The van der Waals surface area contributed by atoms with Crippen LogP contribution in [0.15, 0.2) is 60.8 Å². The molecule has 0 aliphatic heterocycles. The van der Waals surface area contributed by atoms with Crippen molar-refractivity contribution in [2.24, 2.45) is 0 Å². The number of hydrogen-bond donors (Lipinski definition) is 1. The van der Waals surface area contributed by atoms with Gasteiger partial charge in [0.1, 0.15) is 6.29 Å². The molecule has 0 saturated heterocycles. The molecule has 0 saturated carbocycles. The summed E-state index contributed by atoms with van der Waals surface area (Å²) < 4.78 is 0. The van der Waals surface area contributed by atoms with Crippen LogP contribution in [0.2, 0.25) is 0 Å². The van der Waals surface area contributed by atoms with Gasteiger partial charge in [-0.05, 0) is 59.9 Å².